The zero-order valence-electron chi connectivity index (χ0n) is 13.1. The van der Waals surface area contributed by atoms with Crippen molar-refractivity contribution < 1.29 is 4.79 Å². The van der Waals surface area contributed by atoms with Crippen LogP contribution in [0.4, 0.5) is 11.5 Å². The van der Waals surface area contributed by atoms with Crippen LogP contribution in [0.2, 0.25) is 0 Å². The average molecular weight is 374 g/mol. The highest BCUT2D eigenvalue weighted by atomic mass is 79.9. The fraction of sp³-hybridized carbons (Fsp3) is 0.333. The molecule has 0 bridgehead atoms. The van der Waals surface area contributed by atoms with Gasteiger partial charge in [-0.3, -0.25) is 4.79 Å². The summed E-state index contributed by atoms with van der Waals surface area (Å²) in [5, 5.41) is 6.32. The maximum Gasteiger partial charge on any atom is 0.253 e. The molecule has 0 atom stereocenters. The van der Waals surface area contributed by atoms with Crippen LogP contribution in [0, 0.1) is 6.92 Å². The van der Waals surface area contributed by atoms with Crippen LogP contribution < -0.4 is 10.6 Å². The van der Waals surface area contributed by atoms with E-state index in [9.17, 15) is 4.79 Å². The molecule has 1 saturated carbocycles. The highest BCUT2D eigenvalue weighted by molar-refractivity contribution is 9.10. The Kier molecular flexibility index (Phi) is 4.96. The molecule has 5 heteroatoms. The minimum absolute atomic E-state index is 0.0348. The van der Waals surface area contributed by atoms with Gasteiger partial charge in [-0.1, -0.05) is 18.9 Å². The molecule has 3 rings (SSSR count). The summed E-state index contributed by atoms with van der Waals surface area (Å²) >= 11 is 3.54. The Bertz CT molecular complexity index is 694. The molecule has 2 aromatic rings. The minimum Gasteiger partial charge on any atom is -0.349 e. The first-order valence-electron chi connectivity index (χ1n) is 7.92. The highest BCUT2D eigenvalue weighted by Crippen LogP contribution is 2.26. The monoisotopic (exact) mass is 373 g/mol. The summed E-state index contributed by atoms with van der Waals surface area (Å²) in [6.45, 7) is 2.05. The van der Waals surface area contributed by atoms with Crippen LogP contribution in [0.15, 0.2) is 41.0 Å². The third-order valence-electron chi connectivity index (χ3n) is 4.10. The number of pyridine rings is 1. The van der Waals surface area contributed by atoms with Gasteiger partial charge < -0.3 is 10.6 Å². The molecular formula is C18H20BrN3O. The molecule has 1 amide bonds. The topological polar surface area (TPSA) is 54.0 Å². The summed E-state index contributed by atoms with van der Waals surface area (Å²) in [5.74, 6) is 0.680. The van der Waals surface area contributed by atoms with Gasteiger partial charge in [-0.05, 0) is 65.5 Å². The second kappa shape index (κ2) is 7.13. The van der Waals surface area contributed by atoms with Crippen LogP contribution in [-0.2, 0) is 0 Å². The molecule has 1 aliphatic carbocycles. The van der Waals surface area contributed by atoms with Gasteiger partial charge in [0.05, 0.1) is 11.3 Å². The molecule has 1 aliphatic rings. The fourth-order valence-corrected chi connectivity index (χ4v) is 3.39. The van der Waals surface area contributed by atoms with Gasteiger partial charge in [0.1, 0.15) is 5.82 Å². The Morgan fingerprint density at radius 1 is 1.22 bits per heavy atom. The number of halogens is 1. The number of benzene rings is 1. The molecule has 0 aliphatic heterocycles. The van der Waals surface area contributed by atoms with Gasteiger partial charge in [-0.2, -0.15) is 0 Å². The largest absolute Gasteiger partial charge is 0.349 e. The summed E-state index contributed by atoms with van der Waals surface area (Å²) < 4.78 is 0.988. The van der Waals surface area contributed by atoms with E-state index in [1.54, 1.807) is 6.20 Å². The number of aromatic nitrogens is 1. The van der Waals surface area contributed by atoms with Crippen molar-refractivity contribution in [3.63, 3.8) is 0 Å². The lowest BCUT2D eigenvalue weighted by Crippen LogP contribution is -2.32. The first kappa shape index (κ1) is 16.0. The predicted molar refractivity (Wildman–Crippen MR) is 96.1 cm³/mol. The highest BCUT2D eigenvalue weighted by Gasteiger charge is 2.18. The smallest absolute Gasteiger partial charge is 0.253 e. The van der Waals surface area contributed by atoms with Crippen molar-refractivity contribution >= 4 is 33.3 Å². The van der Waals surface area contributed by atoms with Crippen molar-refractivity contribution in [3.05, 3.63) is 52.1 Å². The Morgan fingerprint density at radius 3 is 2.65 bits per heavy atom. The summed E-state index contributed by atoms with van der Waals surface area (Å²) in [6, 6.07) is 10.0. The summed E-state index contributed by atoms with van der Waals surface area (Å²) in [4.78, 5) is 16.5. The van der Waals surface area contributed by atoms with Crippen LogP contribution in [0.25, 0.3) is 0 Å². The van der Waals surface area contributed by atoms with Crippen molar-refractivity contribution in [2.24, 2.45) is 0 Å². The van der Waals surface area contributed by atoms with E-state index in [-0.39, 0.29) is 5.91 Å². The molecule has 23 heavy (non-hydrogen) atoms. The van der Waals surface area contributed by atoms with Crippen molar-refractivity contribution in [1.29, 1.82) is 0 Å². The number of carbonyl (C=O) groups is 1. The zero-order valence-corrected chi connectivity index (χ0v) is 14.7. The van der Waals surface area contributed by atoms with Gasteiger partial charge in [-0.15, -0.1) is 0 Å². The number of nitrogens with zero attached hydrogens (tertiary/aromatic N) is 1. The van der Waals surface area contributed by atoms with E-state index in [0.29, 0.717) is 17.4 Å². The van der Waals surface area contributed by atoms with Crippen molar-refractivity contribution in [2.45, 2.75) is 38.6 Å². The van der Waals surface area contributed by atoms with Crippen LogP contribution in [0.5, 0.6) is 0 Å². The first-order valence-corrected chi connectivity index (χ1v) is 8.71. The molecule has 0 radical (unpaired) electrons. The van der Waals surface area contributed by atoms with E-state index in [4.69, 9.17) is 0 Å². The summed E-state index contributed by atoms with van der Waals surface area (Å²) in [6.07, 6.45) is 6.20. The zero-order chi connectivity index (χ0) is 16.2. The molecule has 120 valence electrons. The Morgan fingerprint density at radius 2 is 2.00 bits per heavy atom. The number of anilines is 2. The molecule has 0 saturated heterocycles. The third kappa shape index (κ3) is 4.10. The van der Waals surface area contributed by atoms with Gasteiger partial charge in [0.25, 0.3) is 5.91 Å². The molecule has 2 N–H and O–H groups in total. The maximum atomic E-state index is 12.2. The molecule has 1 heterocycles. The van der Waals surface area contributed by atoms with Gasteiger partial charge in [0, 0.05) is 16.7 Å². The van der Waals surface area contributed by atoms with Crippen LogP contribution in [-0.4, -0.2) is 16.9 Å². The normalized spacial score (nSPS) is 14.7. The molecule has 1 fully saturated rings. The van der Waals surface area contributed by atoms with Crippen LogP contribution >= 0.6 is 15.9 Å². The van der Waals surface area contributed by atoms with Crippen LogP contribution in [0.1, 0.15) is 41.6 Å². The summed E-state index contributed by atoms with van der Waals surface area (Å²) in [5.41, 5.74) is 2.74. The molecule has 1 aromatic carbocycles. The van der Waals surface area contributed by atoms with E-state index >= 15 is 0 Å². The van der Waals surface area contributed by atoms with Gasteiger partial charge in [-0.25, -0.2) is 4.98 Å². The Labute approximate surface area is 144 Å². The van der Waals surface area contributed by atoms with Gasteiger partial charge in [0.15, 0.2) is 0 Å². The Balaban J connectivity index is 1.65. The van der Waals surface area contributed by atoms with Crippen molar-refractivity contribution in [3.8, 4) is 0 Å². The summed E-state index contributed by atoms with van der Waals surface area (Å²) in [7, 11) is 0. The second-order valence-corrected chi connectivity index (χ2v) is 6.85. The molecule has 0 spiro atoms. The number of nitrogens with one attached hydrogen (secondary N) is 2. The average Bonchev–Trinajstić information content (AvgIpc) is 3.04. The number of aryl methyl sites for hydroxylation is 1. The lowest BCUT2D eigenvalue weighted by molar-refractivity contribution is 0.0937. The van der Waals surface area contributed by atoms with E-state index in [1.165, 1.54) is 18.4 Å². The van der Waals surface area contributed by atoms with E-state index in [2.05, 4.69) is 31.5 Å². The lowest BCUT2D eigenvalue weighted by atomic mass is 10.2. The van der Waals surface area contributed by atoms with E-state index in [0.717, 1.165) is 23.0 Å². The van der Waals surface area contributed by atoms with E-state index in [1.807, 2.05) is 37.3 Å². The van der Waals surface area contributed by atoms with Gasteiger partial charge in [0.2, 0.25) is 0 Å². The lowest BCUT2D eigenvalue weighted by Gasteiger charge is -2.12. The SMILES string of the molecule is Cc1ccc(Nc2ccc(C(=O)NC3CCCC3)cn2)c(Br)c1. The van der Waals surface area contributed by atoms with Crippen molar-refractivity contribution in [2.75, 3.05) is 5.32 Å². The quantitative estimate of drug-likeness (QED) is 0.825. The van der Waals surface area contributed by atoms with E-state index < -0.39 is 0 Å². The minimum atomic E-state index is -0.0348. The predicted octanol–water partition coefficient (Wildman–Crippen LogP) is 4.57. The Hall–Kier alpha value is -1.88. The number of hydrogen-bond acceptors (Lipinski definition) is 3. The third-order valence-corrected chi connectivity index (χ3v) is 4.76. The molecule has 1 aromatic heterocycles. The molecule has 4 nitrogen and oxygen atoms in total. The first-order chi connectivity index (χ1) is 11.1. The number of rotatable bonds is 4. The van der Waals surface area contributed by atoms with Crippen LogP contribution in [0.3, 0.4) is 0 Å². The second-order valence-electron chi connectivity index (χ2n) is 6.00. The maximum absolute atomic E-state index is 12.2. The standard InChI is InChI=1S/C18H20BrN3O/c1-12-6-8-16(15(19)10-12)22-17-9-7-13(11-20-17)18(23)21-14-4-2-3-5-14/h6-11,14H,2-5H2,1H3,(H,20,22)(H,21,23). The number of amides is 1. The fourth-order valence-electron chi connectivity index (χ4n) is 2.80. The number of carbonyl (C=O) groups excluding carboxylic acids is 1. The molecular weight excluding hydrogens is 354 g/mol. The van der Waals surface area contributed by atoms with Crippen molar-refractivity contribution in [1.82, 2.24) is 10.3 Å². The molecule has 0 unspecified atom stereocenters. The van der Waals surface area contributed by atoms with Gasteiger partial charge >= 0.3 is 0 Å². The number of hydrogen-bond donors (Lipinski definition) is 2.